The summed E-state index contributed by atoms with van der Waals surface area (Å²) in [6.45, 7) is 12.5. The highest BCUT2D eigenvalue weighted by molar-refractivity contribution is 4.73. The van der Waals surface area contributed by atoms with Crippen LogP contribution >= 0.6 is 0 Å². The molecule has 1 aliphatic heterocycles. The van der Waals surface area contributed by atoms with Crippen LogP contribution in [0, 0.1) is 5.41 Å². The van der Waals surface area contributed by atoms with Gasteiger partial charge >= 0.3 is 0 Å². The van der Waals surface area contributed by atoms with Crippen molar-refractivity contribution in [2.24, 2.45) is 5.41 Å². The van der Waals surface area contributed by atoms with Gasteiger partial charge in [-0.05, 0) is 5.41 Å². The molecule has 0 unspecified atom stereocenters. The Morgan fingerprint density at radius 1 is 1.18 bits per heavy atom. The lowest BCUT2D eigenvalue weighted by Gasteiger charge is -2.32. The zero-order valence-corrected chi connectivity index (χ0v) is 7.93. The Morgan fingerprint density at radius 3 is 2.18 bits per heavy atom. The zero-order chi connectivity index (χ0) is 8.32. The molecule has 0 amide bonds. The summed E-state index contributed by atoms with van der Waals surface area (Å²) in [5.41, 5.74) is 0.442. The van der Waals surface area contributed by atoms with Crippen molar-refractivity contribution < 1.29 is 0 Å². The molecule has 2 nitrogen and oxygen atoms in total. The molecule has 1 saturated heterocycles. The molecular formula is C9H19N2. The molecule has 0 bridgehead atoms. The van der Waals surface area contributed by atoms with E-state index in [0.717, 1.165) is 26.2 Å². The van der Waals surface area contributed by atoms with Gasteiger partial charge in [-0.25, -0.2) is 5.32 Å². The van der Waals surface area contributed by atoms with Crippen LogP contribution < -0.4 is 5.32 Å². The maximum atomic E-state index is 4.32. The highest BCUT2D eigenvalue weighted by Crippen LogP contribution is 2.15. The van der Waals surface area contributed by atoms with E-state index < -0.39 is 0 Å². The van der Waals surface area contributed by atoms with Gasteiger partial charge in [-0.15, -0.1) is 0 Å². The van der Waals surface area contributed by atoms with E-state index in [1.165, 1.54) is 6.54 Å². The highest BCUT2D eigenvalue weighted by Gasteiger charge is 2.17. The van der Waals surface area contributed by atoms with Crippen molar-refractivity contribution >= 4 is 0 Å². The number of hydrogen-bond donors (Lipinski definition) is 0. The Kier molecular flexibility index (Phi) is 2.90. The summed E-state index contributed by atoms with van der Waals surface area (Å²) < 4.78 is 0. The SMILES string of the molecule is CC(C)(C)CN1CC[N]CC1. The summed E-state index contributed by atoms with van der Waals surface area (Å²) in [4.78, 5) is 2.51. The first kappa shape index (κ1) is 9.01. The van der Waals surface area contributed by atoms with Gasteiger partial charge in [0.2, 0.25) is 0 Å². The van der Waals surface area contributed by atoms with Gasteiger partial charge in [0, 0.05) is 32.7 Å². The third kappa shape index (κ3) is 3.73. The lowest BCUT2D eigenvalue weighted by atomic mass is 9.96. The summed E-state index contributed by atoms with van der Waals surface area (Å²) in [5, 5.41) is 4.32. The van der Waals surface area contributed by atoms with Crippen molar-refractivity contribution in [2.45, 2.75) is 20.8 Å². The van der Waals surface area contributed by atoms with Gasteiger partial charge in [0.05, 0.1) is 0 Å². The van der Waals surface area contributed by atoms with Gasteiger partial charge in [0.1, 0.15) is 0 Å². The molecule has 1 aliphatic rings. The van der Waals surface area contributed by atoms with Gasteiger partial charge in [-0.3, -0.25) is 0 Å². The monoisotopic (exact) mass is 155 g/mol. The quantitative estimate of drug-likeness (QED) is 0.551. The minimum absolute atomic E-state index is 0.442. The molecule has 2 heteroatoms. The van der Waals surface area contributed by atoms with Crippen LogP contribution in [0.5, 0.6) is 0 Å². The van der Waals surface area contributed by atoms with Gasteiger partial charge < -0.3 is 4.90 Å². The second-order valence-electron chi connectivity index (χ2n) is 4.51. The summed E-state index contributed by atoms with van der Waals surface area (Å²) in [5.74, 6) is 0. The van der Waals surface area contributed by atoms with Crippen molar-refractivity contribution in [2.75, 3.05) is 32.7 Å². The summed E-state index contributed by atoms with van der Waals surface area (Å²) in [6.07, 6.45) is 0. The fourth-order valence-electron chi connectivity index (χ4n) is 1.48. The molecule has 0 aromatic carbocycles. The minimum atomic E-state index is 0.442. The predicted molar refractivity (Wildman–Crippen MR) is 47.8 cm³/mol. The molecule has 65 valence electrons. The molecule has 0 aliphatic carbocycles. The fourth-order valence-corrected chi connectivity index (χ4v) is 1.48. The van der Waals surface area contributed by atoms with Gasteiger partial charge in [0.15, 0.2) is 0 Å². The molecule has 1 fully saturated rings. The minimum Gasteiger partial charge on any atom is -0.300 e. The molecule has 1 radical (unpaired) electrons. The fraction of sp³-hybridized carbons (Fsp3) is 1.00. The van der Waals surface area contributed by atoms with E-state index >= 15 is 0 Å². The van der Waals surface area contributed by atoms with Gasteiger partial charge in [-0.2, -0.15) is 0 Å². The predicted octanol–water partition coefficient (Wildman–Crippen LogP) is 0.953. The first-order chi connectivity index (χ1) is 5.08. The van der Waals surface area contributed by atoms with Crippen LogP contribution in [-0.4, -0.2) is 37.6 Å². The smallest absolute Gasteiger partial charge is 0.0261 e. The molecular weight excluding hydrogens is 136 g/mol. The normalized spacial score (nSPS) is 22.1. The highest BCUT2D eigenvalue weighted by atomic mass is 15.2. The van der Waals surface area contributed by atoms with Crippen LogP contribution in [0.4, 0.5) is 0 Å². The van der Waals surface area contributed by atoms with Gasteiger partial charge in [0.25, 0.3) is 0 Å². The molecule has 0 aromatic heterocycles. The molecule has 1 heterocycles. The van der Waals surface area contributed by atoms with E-state index in [4.69, 9.17) is 0 Å². The Hall–Kier alpha value is -0.0800. The second-order valence-corrected chi connectivity index (χ2v) is 4.51. The van der Waals surface area contributed by atoms with Crippen LogP contribution in [0.2, 0.25) is 0 Å². The molecule has 0 atom stereocenters. The number of piperazine rings is 1. The van der Waals surface area contributed by atoms with Crippen LogP contribution in [0.25, 0.3) is 0 Å². The number of rotatable bonds is 1. The molecule has 11 heavy (non-hydrogen) atoms. The lowest BCUT2D eigenvalue weighted by Crippen LogP contribution is -2.43. The first-order valence-electron chi connectivity index (χ1n) is 4.43. The van der Waals surface area contributed by atoms with Crippen LogP contribution in [-0.2, 0) is 0 Å². The van der Waals surface area contributed by atoms with Crippen molar-refractivity contribution in [1.82, 2.24) is 10.2 Å². The molecule has 0 spiro atoms. The molecule has 0 N–H and O–H groups in total. The average Bonchev–Trinajstić information content (AvgIpc) is 1.85. The Bertz CT molecular complexity index is 109. The van der Waals surface area contributed by atoms with E-state index in [2.05, 4.69) is 31.0 Å². The average molecular weight is 155 g/mol. The second kappa shape index (κ2) is 3.55. The summed E-state index contributed by atoms with van der Waals surface area (Å²) in [6, 6.07) is 0. The summed E-state index contributed by atoms with van der Waals surface area (Å²) in [7, 11) is 0. The zero-order valence-electron chi connectivity index (χ0n) is 7.93. The van der Waals surface area contributed by atoms with Crippen LogP contribution in [0.15, 0.2) is 0 Å². The van der Waals surface area contributed by atoms with Crippen molar-refractivity contribution in [3.63, 3.8) is 0 Å². The largest absolute Gasteiger partial charge is 0.300 e. The van der Waals surface area contributed by atoms with Crippen molar-refractivity contribution in [1.29, 1.82) is 0 Å². The van der Waals surface area contributed by atoms with Crippen LogP contribution in [0.3, 0.4) is 0 Å². The number of nitrogens with zero attached hydrogens (tertiary/aromatic N) is 2. The van der Waals surface area contributed by atoms with E-state index in [1.807, 2.05) is 0 Å². The Balaban J connectivity index is 2.24. The van der Waals surface area contributed by atoms with Crippen molar-refractivity contribution in [3.05, 3.63) is 0 Å². The number of hydrogen-bond acceptors (Lipinski definition) is 1. The summed E-state index contributed by atoms with van der Waals surface area (Å²) >= 11 is 0. The first-order valence-corrected chi connectivity index (χ1v) is 4.43. The maximum absolute atomic E-state index is 4.32. The third-order valence-corrected chi connectivity index (χ3v) is 1.85. The Morgan fingerprint density at radius 2 is 1.73 bits per heavy atom. The van der Waals surface area contributed by atoms with E-state index in [-0.39, 0.29) is 0 Å². The molecule has 0 aromatic rings. The van der Waals surface area contributed by atoms with Crippen molar-refractivity contribution in [3.8, 4) is 0 Å². The van der Waals surface area contributed by atoms with E-state index in [0.29, 0.717) is 5.41 Å². The standard InChI is InChI=1S/C9H19N2/c1-9(2,3)8-11-6-4-10-5-7-11/h4-8H2,1-3H3. The molecule has 1 rings (SSSR count). The van der Waals surface area contributed by atoms with Gasteiger partial charge in [-0.1, -0.05) is 20.8 Å². The molecule has 0 saturated carbocycles. The Labute approximate surface area is 70.0 Å². The topological polar surface area (TPSA) is 17.3 Å². The maximum Gasteiger partial charge on any atom is 0.0261 e. The third-order valence-electron chi connectivity index (χ3n) is 1.85. The van der Waals surface area contributed by atoms with E-state index in [1.54, 1.807) is 0 Å². The lowest BCUT2D eigenvalue weighted by molar-refractivity contribution is 0.171. The van der Waals surface area contributed by atoms with Crippen LogP contribution in [0.1, 0.15) is 20.8 Å². The van der Waals surface area contributed by atoms with E-state index in [9.17, 15) is 0 Å².